The molecule has 6 heteroatoms. The molecule has 0 unspecified atom stereocenters. The van der Waals surface area contributed by atoms with Gasteiger partial charge in [0.15, 0.2) is 0 Å². The number of hydrogen-bond donors (Lipinski definition) is 2. The smallest absolute Gasteiger partial charge is 0.224 e. The SMILES string of the molecule is COc1cc(NC(=O)CCCCO)c(Br)cc1Br. The zero-order chi connectivity index (χ0) is 13.5. The Morgan fingerprint density at radius 2 is 2.06 bits per heavy atom. The van der Waals surface area contributed by atoms with Gasteiger partial charge in [-0.2, -0.15) is 0 Å². The molecule has 0 spiro atoms. The van der Waals surface area contributed by atoms with Crippen LogP contribution in [-0.2, 0) is 4.79 Å². The van der Waals surface area contributed by atoms with Crippen LogP contribution in [0.25, 0.3) is 0 Å². The molecular formula is C12H15Br2NO3. The third-order valence-corrected chi connectivity index (χ3v) is 3.60. The predicted molar refractivity (Wildman–Crippen MR) is 78.0 cm³/mol. The Balaban J connectivity index is 2.69. The number of carbonyl (C=O) groups is 1. The maximum absolute atomic E-state index is 11.7. The zero-order valence-electron chi connectivity index (χ0n) is 10.0. The summed E-state index contributed by atoms with van der Waals surface area (Å²) in [4.78, 5) is 11.7. The van der Waals surface area contributed by atoms with Crippen LogP contribution in [0.3, 0.4) is 0 Å². The minimum atomic E-state index is -0.0754. The molecular weight excluding hydrogens is 366 g/mol. The maximum Gasteiger partial charge on any atom is 0.224 e. The Morgan fingerprint density at radius 1 is 1.33 bits per heavy atom. The minimum Gasteiger partial charge on any atom is -0.495 e. The normalized spacial score (nSPS) is 10.2. The summed E-state index contributed by atoms with van der Waals surface area (Å²) in [6.45, 7) is 0.114. The molecule has 0 radical (unpaired) electrons. The number of carbonyl (C=O) groups excluding carboxylic acids is 1. The highest BCUT2D eigenvalue weighted by molar-refractivity contribution is 9.11. The lowest BCUT2D eigenvalue weighted by Gasteiger charge is -2.10. The van der Waals surface area contributed by atoms with Crippen molar-refractivity contribution in [2.75, 3.05) is 19.0 Å². The van der Waals surface area contributed by atoms with Gasteiger partial charge in [0.05, 0.1) is 17.3 Å². The van der Waals surface area contributed by atoms with E-state index in [9.17, 15) is 4.79 Å². The van der Waals surface area contributed by atoms with E-state index >= 15 is 0 Å². The highest BCUT2D eigenvalue weighted by Crippen LogP contribution is 2.34. The number of amides is 1. The van der Waals surface area contributed by atoms with Gasteiger partial charge in [-0.15, -0.1) is 0 Å². The molecule has 1 amide bonds. The van der Waals surface area contributed by atoms with E-state index in [0.717, 1.165) is 8.95 Å². The number of anilines is 1. The van der Waals surface area contributed by atoms with E-state index in [1.807, 2.05) is 6.07 Å². The molecule has 2 N–H and O–H groups in total. The Kier molecular flexibility index (Phi) is 6.67. The van der Waals surface area contributed by atoms with Gasteiger partial charge in [0.2, 0.25) is 5.91 Å². The quantitative estimate of drug-likeness (QED) is 0.744. The number of aliphatic hydroxyl groups is 1. The number of aliphatic hydroxyl groups excluding tert-OH is 1. The maximum atomic E-state index is 11.7. The van der Waals surface area contributed by atoms with Crippen molar-refractivity contribution in [3.63, 3.8) is 0 Å². The largest absolute Gasteiger partial charge is 0.495 e. The standard InChI is InChI=1S/C12H15Br2NO3/c1-18-11-7-10(8(13)6-9(11)14)15-12(17)4-2-3-5-16/h6-7,16H,2-5H2,1H3,(H,15,17). The highest BCUT2D eigenvalue weighted by atomic mass is 79.9. The average molecular weight is 381 g/mol. The van der Waals surface area contributed by atoms with Crippen molar-refractivity contribution in [1.82, 2.24) is 0 Å². The van der Waals surface area contributed by atoms with Gasteiger partial charge < -0.3 is 15.2 Å². The molecule has 1 aromatic rings. The van der Waals surface area contributed by atoms with Gasteiger partial charge in [0, 0.05) is 23.6 Å². The second kappa shape index (κ2) is 7.76. The second-order valence-corrected chi connectivity index (χ2v) is 5.40. The van der Waals surface area contributed by atoms with Crippen LogP contribution < -0.4 is 10.1 Å². The molecule has 0 aliphatic rings. The average Bonchev–Trinajstić information content (AvgIpc) is 2.33. The van der Waals surface area contributed by atoms with E-state index in [-0.39, 0.29) is 12.5 Å². The molecule has 0 saturated carbocycles. The van der Waals surface area contributed by atoms with E-state index < -0.39 is 0 Å². The molecule has 18 heavy (non-hydrogen) atoms. The van der Waals surface area contributed by atoms with Crippen molar-refractivity contribution in [3.8, 4) is 5.75 Å². The summed E-state index contributed by atoms with van der Waals surface area (Å²) in [7, 11) is 1.57. The summed E-state index contributed by atoms with van der Waals surface area (Å²) in [6, 6.07) is 3.57. The summed E-state index contributed by atoms with van der Waals surface area (Å²) in [5.74, 6) is 0.581. The Bertz CT molecular complexity index is 424. The summed E-state index contributed by atoms with van der Waals surface area (Å²) in [6.07, 6.45) is 1.71. The monoisotopic (exact) mass is 379 g/mol. The van der Waals surface area contributed by atoms with Gasteiger partial charge in [0.25, 0.3) is 0 Å². The first-order valence-electron chi connectivity index (χ1n) is 5.52. The van der Waals surface area contributed by atoms with Gasteiger partial charge >= 0.3 is 0 Å². The van der Waals surface area contributed by atoms with Crippen molar-refractivity contribution < 1.29 is 14.6 Å². The highest BCUT2D eigenvalue weighted by Gasteiger charge is 2.09. The minimum absolute atomic E-state index is 0.0754. The fraction of sp³-hybridized carbons (Fsp3) is 0.417. The lowest BCUT2D eigenvalue weighted by Crippen LogP contribution is -2.12. The van der Waals surface area contributed by atoms with Crippen LogP contribution in [0.15, 0.2) is 21.1 Å². The molecule has 0 saturated heterocycles. The van der Waals surface area contributed by atoms with Gasteiger partial charge in [0.1, 0.15) is 5.75 Å². The third kappa shape index (κ3) is 4.59. The Labute approximate surface area is 123 Å². The van der Waals surface area contributed by atoms with Crippen molar-refractivity contribution in [2.45, 2.75) is 19.3 Å². The molecule has 0 bridgehead atoms. The van der Waals surface area contributed by atoms with Crippen molar-refractivity contribution in [3.05, 3.63) is 21.1 Å². The molecule has 100 valence electrons. The summed E-state index contributed by atoms with van der Waals surface area (Å²) in [5, 5.41) is 11.5. The molecule has 0 aliphatic carbocycles. The number of methoxy groups -OCH3 is 1. The number of unbranched alkanes of at least 4 members (excludes halogenated alkanes) is 1. The van der Waals surface area contributed by atoms with E-state index in [2.05, 4.69) is 37.2 Å². The van der Waals surface area contributed by atoms with Gasteiger partial charge in [-0.05, 0) is 50.8 Å². The van der Waals surface area contributed by atoms with Gasteiger partial charge in [-0.3, -0.25) is 4.79 Å². The van der Waals surface area contributed by atoms with Gasteiger partial charge in [-0.1, -0.05) is 0 Å². The van der Waals surface area contributed by atoms with Crippen LogP contribution in [0.1, 0.15) is 19.3 Å². The number of ether oxygens (including phenoxy) is 1. The number of hydrogen-bond acceptors (Lipinski definition) is 3. The number of benzene rings is 1. The van der Waals surface area contributed by atoms with Crippen LogP contribution in [0, 0.1) is 0 Å². The molecule has 0 fully saturated rings. The lowest BCUT2D eigenvalue weighted by atomic mass is 10.2. The van der Waals surface area contributed by atoms with E-state index in [1.54, 1.807) is 13.2 Å². The first-order valence-corrected chi connectivity index (χ1v) is 7.10. The first-order chi connectivity index (χ1) is 8.58. The molecule has 1 rings (SSSR count). The fourth-order valence-electron chi connectivity index (χ4n) is 1.39. The van der Waals surface area contributed by atoms with Crippen LogP contribution in [0.4, 0.5) is 5.69 Å². The van der Waals surface area contributed by atoms with Crippen LogP contribution in [-0.4, -0.2) is 24.7 Å². The Hall–Kier alpha value is -0.590. The third-order valence-electron chi connectivity index (χ3n) is 2.33. The topological polar surface area (TPSA) is 58.6 Å². The van der Waals surface area contributed by atoms with E-state index in [1.165, 1.54) is 0 Å². The van der Waals surface area contributed by atoms with Crippen molar-refractivity contribution in [1.29, 1.82) is 0 Å². The number of nitrogens with one attached hydrogen (secondary N) is 1. The van der Waals surface area contributed by atoms with E-state index in [0.29, 0.717) is 30.7 Å². The number of halogens is 2. The van der Waals surface area contributed by atoms with Crippen molar-refractivity contribution >= 4 is 43.5 Å². The summed E-state index contributed by atoms with van der Waals surface area (Å²) >= 11 is 6.74. The van der Waals surface area contributed by atoms with Crippen molar-refractivity contribution in [2.24, 2.45) is 0 Å². The summed E-state index contributed by atoms with van der Waals surface area (Å²) in [5.41, 5.74) is 0.670. The zero-order valence-corrected chi connectivity index (χ0v) is 13.2. The van der Waals surface area contributed by atoms with Crippen LogP contribution in [0.5, 0.6) is 5.75 Å². The van der Waals surface area contributed by atoms with Gasteiger partial charge in [-0.25, -0.2) is 0 Å². The number of rotatable bonds is 6. The summed E-state index contributed by atoms with van der Waals surface area (Å²) < 4.78 is 6.77. The molecule has 0 aromatic heterocycles. The fourth-order valence-corrected chi connectivity index (χ4v) is 2.65. The molecule has 0 atom stereocenters. The Morgan fingerprint density at radius 3 is 2.67 bits per heavy atom. The molecule has 0 heterocycles. The molecule has 1 aromatic carbocycles. The second-order valence-electron chi connectivity index (χ2n) is 3.70. The predicted octanol–water partition coefficient (Wildman–Crippen LogP) is 3.32. The van der Waals surface area contributed by atoms with Crippen LogP contribution in [0.2, 0.25) is 0 Å². The molecule has 4 nitrogen and oxygen atoms in total. The van der Waals surface area contributed by atoms with Crippen LogP contribution >= 0.6 is 31.9 Å². The first kappa shape index (κ1) is 15.5. The van der Waals surface area contributed by atoms with E-state index in [4.69, 9.17) is 9.84 Å². The molecule has 0 aliphatic heterocycles. The lowest BCUT2D eigenvalue weighted by molar-refractivity contribution is -0.116.